The maximum atomic E-state index is 12.4. The predicted molar refractivity (Wildman–Crippen MR) is 92.2 cm³/mol. The molecule has 26 heavy (non-hydrogen) atoms. The Morgan fingerprint density at radius 3 is 2.42 bits per heavy atom. The summed E-state index contributed by atoms with van der Waals surface area (Å²) >= 11 is 0. The van der Waals surface area contributed by atoms with Crippen LogP contribution in [0.15, 0.2) is 24.3 Å². The van der Waals surface area contributed by atoms with Crippen molar-refractivity contribution in [1.29, 1.82) is 0 Å². The average molecular weight is 398 g/mol. The number of benzene rings is 1. The van der Waals surface area contributed by atoms with Gasteiger partial charge in [-0.2, -0.15) is 0 Å². The number of hydrogen-bond donors (Lipinski definition) is 2. The van der Waals surface area contributed by atoms with Gasteiger partial charge in [-0.15, -0.1) is 25.6 Å². The summed E-state index contributed by atoms with van der Waals surface area (Å²) in [4.78, 5) is 14.1. The molecule has 3 N–H and O–H groups in total. The molecule has 6 nitrogen and oxygen atoms in total. The molecule has 0 bridgehead atoms. The maximum Gasteiger partial charge on any atom is 0.573 e. The molecule has 0 radical (unpaired) electrons. The van der Waals surface area contributed by atoms with E-state index in [2.05, 4.69) is 10.1 Å². The van der Waals surface area contributed by atoms with Gasteiger partial charge in [-0.25, -0.2) is 4.79 Å². The summed E-state index contributed by atoms with van der Waals surface area (Å²) in [6.45, 7) is 2.22. The fourth-order valence-electron chi connectivity index (χ4n) is 2.67. The van der Waals surface area contributed by atoms with Crippen LogP contribution in [0.5, 0.6) is 5.75 Å². The summed E-state index contributed by atoms with van der Waals surface area (Å²) in [5, 5.41) is 2.78. The van der Waals surface area contributed by atoms with Crippen LogP contribution in [0.2, 0.25) is 0 Å². The summed E-state index contributed by atoms with van der Waals surface area (Å²) in [6, 6.07) is 5.22. The second-order valence-corrected chi connectivity index (χ2v) is 5.68. The van der Waals surface area contributed by atoms with Crippen molar-refractivity contribution in [3.05, 3.63) is 29.8 Å². The Balaban J connectivity index is 0.00000338. The van der Waals surface area contributed by atoms with Crippen LogP contribution in [0, 0.1) is 0 Å². The number of nitrogens with two attached hydrogens (primary N) is 1. The highest BCUT2D eigenvalue weighted by Gasteiger charge is 2.31. The molecule has 1 saturated heterocycles. The monoisotopic (exact) mass is 397 g/mol. The largest absolute Gasteiger partial charge is 0.573 e. The van der Waals surface area contributed by atoms with Crippen LogP contribution in [0.1, 0.15) is 18.4 Å². The number of amides is 2. The number of carbonyl (C=O) groups excluding carboxylic acids is 1. The molecule has 0 aromatic heterocycles. The Morgan fingerprint density at radius 1 is 1.27 bits per heavy atom. The van der Waals surface area contributed by atoms with Crippen molar-refractivity contribution in [3.63, 3.8) is 0 Å². The van der Waals surface area contributed by atoms with Gasteiger partial charge in [-0.1, -0.05) is 12.1 Å². The predicted octanol–water partition coefficient (Wildman–Crippen LogP) is 2.66. The third-order valence-corrected chi connectivity index (χ3v) is 3.86. The quantitative estimate of drug-likeness (QED) is 0.773. The van der Waals surface area contributed by atoms with E-state index in [9.17, 15) is 18.0 Å². The van der Waals surface area contributed by atoms with Gasteiger partial charge in [0.05, 0.1) is 0 Å². The Kier molecular flexibility index (Phi) is 8.97. The van der Waals surface area contributed by atoms with Crippen LogP contribution in [0.25, 0.3) is 0 Å². The lowest BCUT2D eigenvalue weighted by Gasteiger charge is -2.34. The summed E-state index contributed by atoms with van der Waals surface area (Å²) in [5.74, 6) is -0.297. The Morgan fingerprint density at radius 2 is 1.88 bits per heavy atom. The molecule has 0 aliphatic carbocycles. The van der Waals surface area contributed by atoms with Crippen LogP contribution < -0.4 is 15.8 Å². The number of rotatable bonds is 6. The van der Waals surface area contributed by atoms with Crippen LogP contribution in [-0.4, -0.2) is 49.6 Å². The van der Waals surface area contributed by atoms with Gasteiger partial charge in [0.25, 0.3) is 0 Å². The summed E-state index contributed by atoms with van der Waals surface area (Å²) in [7, 11) is 0. The van der Waals surface area contributed by atoms with Gasteiger partial charge in [0.15, 0.2) is 0 Å². The minimum absolute atomic E-state index is 0. The van der Waals surface area contributed by atoms with Crippen LogP contribution >= 0.6 is 12.4 Å². The van der Waals surface area contributed by atoms with Crippen LogP contribution in [0.4, 0.5) is 18.0 Å². The highest BCUT2D eigenvalue weighted by molar-refractivity contribution is 5.85. The number of ether oxygens (including phenoxy) is 2. The van der Waals surface area contributed by atoms with Gasteiger partial charge >= 0.3 is 12.4 Å². The van der Waals surface area contributed by atoms with E-state index in [-0.39, 0.29) is 36.8 Å². The molecule has 148 valence electrons. The van der Waals surface area contributed by atoms with Crippen molar-refractivity contribution < 1.29 is 27.4 Å². The highest BCUT2D eigenvalue weighted by atomic mass is 35.5. The Hall–Kier alpha value is -1.71. The number of nitrogens with one attached hydrogen (secondary N) is 1. The van der Waals surface area contributed by atoms with Crippen molar-refractivity contribution in [1.82, 2.24) is 10.2 Å². The average Bonchev–Trinajstić information content (AvgIpc) is 2.58. The highest BCUT2D eigenvalue weighted by Crippen LogP contribution is 2.22. The molecular weight excluding hydrogens is 375 g/mol. The number of halogens is 4. The Labute approximate surface area is 156 Å². The van der Waals surface area contributed by atoms with E-state index in [1.165, 1.54) is 24.3 Å². The molecule has 0 spiro atoms. The number of carbonyl (C=O) groups is 1. The van der Waals surface area contributed by atoms with Crippen molar-refractivity contribution in [2.75, 3.05) is 26.3 Å². The molecule has 10 heteroatoms. The molecular formula is C16H23ClF3N3O3. The Bertz CT molecular complexity index is 552. The molecule has 1 aliphatic rings. The third-order valence-electron chi connectivity index (χ3n) is 3.86. The van der Waals surface area contributed by atoms with E-state index in [1.807, 2.05) is 0 Å². The molecule has 1 aliphatic heterocycles. The van der Waals surface area contributed by atoms with Gasteiger partial charge in [0, 0.05) is 38.9 Å². The normalized spacial score (nSPS) is 15.1. The van der Waals surface area contributed by atoms with Gasteiger partial charge in [0.2, 0.25) is 0 Å². The lowest BCUT2D eigenvalue weighted by atomic mass is 10.1. The molecule has 1 fully saturated rings. The van der Waals surface area contributed by atoms with Gasteiger partial charge in [-0.05, 0) is 30.5 Å². The fraction of sp³-hybridized carbons (Fsp3) is 0.562. The topological polar surface area (TPSA) is 76.8 Å². The second-order valence-electron chi connectivity index (χ2n) is 5.68. The first-order chi connectivity index (χ1) is 11.9. The van der Waals surface area contributed by atoms with E-state index in [1.54, 1.807) is 4.90 Å². The minimum atomic E-state index is -4.72. The number of urea groups is 1. The SMILES string of the molecule is Cl.NCCN(C(=O)NCc1ccc(OC(F)(F)F)cc1)C1CCOCC1. The van der Waals surface area contributed by atoms with Crippen molar-refractivity contribution >= 4 is 18.4 Å². The molecule has 0 atom stereocenters. The van der Waals surface area contributed by atoms with E-state index >= 15 is 0 Å². The van der Waals surface area contributed by atoms with Crippen LogP contribution in [-0.2, 0) is 11.3 Å². The van der Waals surface area contributed by atoms with Gasteiger partial charge in [-0.3, -0.25) is 0 Å². The number of alkyl halides is 3. The summed E-state index contributed by atoms with van der Waals surface area (Å²) < 4.78 is 45.5. The lowest BCUT2D eigenvalue weighted by Crippen LogP contribution is -2.49. The zero-order valence-electron chi connectivity index (χ0n) is 14.1. The minimum Gasteiger partial charge on any atom is -0.406 e. The van der Waals surface area contributed by atoms with Gasteiger partial charge < -0.3 is 25.4 Å². The van der Waals surface area contributed by atoms with Gasteiger partial charge in [0.1, 0.15) is 5.75 Å². The second kappa shape index (κ2) is 10.4. The van der Waals surface area contributed by atoms with Crippen molar-refractivity contribution in [2.24, 2.45) is 5.73 Å². The number of hydrogen-bond acceptors (Lipinski definition) is 4. The first-order valence-electron chi connectivity index (χ1n) is 8.06. The lowest BCUT2D eigenvalue weighted by molar-refractivity contribution is -0.274. The third kappa shape index (κ3) is 7.27. The van der Waals surface area contributed by atoms with Crippen molar-refractivity contribution in [2.45, 2.75) is 31.8 Å². The zero-order chi connectivity index (χ0) is 18.3. The maximum absolute atomic E-state index is 12.4. The molecule has 0 saturated carbocycles. The van der Waals surface area contributed by atoms with E-state index in [0.717, 1.165) is 12.8 Å². The molecule has 1 aromatic rings. The molecule has 2 amide bonds. The van der Waals surface area contributed by atoms with E-state index < -0.39 is 6.36 Å². The van der Waals surface area contributed by atoms with Crippen molar-refractivity contribution in [3.8, 4) is 5.75 Å². The van der Waals surface area contributed by atoms with E-state index in [0.29, 0.717) is 31.9 Å². The fourth-order valence-corrected chi connectivity index (χ4v) is 2.67. The van der Waals surface area contributed by atoms with E-state index in [4.69, 9.17) is 10.5 Å². The molecule has 1 aromatic carbocycles. The summed E-state index contributed by atoms with van der Waals surface area (Å²) in [6.07, 6.45) is -3.20. The zero-order valence-corrected chi connectivity index (χ0v) is 14.9. The first kappa shape index (κ1) is 22.3. The smallest absolute Gasteiger partial charge is 0.406 e. The molecule has 1 heterocycles. The standard InChI is InChI=1S/C16H22F3N3O3.ClH/c17-16(18,19)25-14-3-1-12(2-4-14)11-21-15(23)22(8-7-20)13-5-9-24-10-6-13;/h1-4,13H,5-11,20H2,(H,21,23);1H. The molecule has 0 unspecified atom stereocenters. The molecule has 2 rings (SSSR count). The summed E-state index contributed by atoms with van der Waals surface area (Å²) in [5.41, 5.74) is 6.26. The first-order valence-corrected chi connectivity index (χ1v) is 8.06. The van der Waals surface area contributed by atoms with Crippen LogP contribution in [0.3, 0.4) is 0 Å². The number of nitrogens with zero attached hydrogens (tertiary/aromatic N) is 1.